The number of pyridine rings is 1. The quantitative estimate of drug-likeness (QED) is 0.803. The fourth-order valence-corrected chi connectivity index (χ4v) is 3.16. The van der Waals surface area contributed by atoms with Gasteiger partial charge in [0.2, 0.25) is 5.88 Å². The van der Waals surface area contributed by atoms with Gasteiger partial charge in [-0.2, -0.15) is 0 Å². The van der Waals surface area contributed by atoms with Crippen molar-refractivity contribution in [1.82, 2.24) is 10.3 Å². The normalized spacial score (nSPS) is 26.4. The summed E-state index contributed by atoms with van der Waals surface area (Å²) in [5.74, 6) is 2.31. The Morgan fingerprint density at radius 2 is 1.95 bits per heavy atom. The average molecular weight is 276 g/mol. The van der Waals surface area contributed by atoms with Gasteiger partial charge in [0.1, 0.15) is 6.10 Å². The summed E-state index contributed by atoms with van der Waals surface area (Å²) >= 11 is 0. The van der Waals surface area contributed by atoms with Gasteiger partial charge in [-0.25, -0.2) is 4.98 Å². The van der Waals surface area contributed by atoms with Gasteiger partial charge in [-0.05, 0) is 50.1 Å². The molecule has 1 aromatic heterocycles. The lowest BCUT2D eigenvalue weighted by Crippen LogP contribution is -2.28. The second-order valence-corrected chi connectivity index (χ2v) is 6.30. The second-order valence-electron chi connectivity index (χ2n) is 6.30. The van der Waals surface area contributed by atoms with Gasteiger partial charge in [-0.15, -0.1) is 0 Å². The van der Waals surface area contributed by atoms with Gasteiger partial charge in [-0.1, -0.05) is 26.8 Å². The molecular formula is C17H28N2O. The third-order valence-electron chi connectivity index (χ3n) is 3.94. The molecule has 3 heteroatoms. The molecule has 1 aliphatic rings. The van der Waals surface area contributed by atoms with Crippen molar-refractivity contribution in [3.05, 3.63) is 23.9 Å². The summed E-state index contributed by atoms with van der Waals surface area (Å²) < 4.78 is 6.10. The molecule has 2 atom stereocenters. The molecule has 0 saturated heterocycles. The molecule has 1 saturated carbocycles. The Morgan fingerprint density at radius 1 is 1.20 bits per heavy atom. The molecule has 1 fully saturated rings. The van der Waals surface area contributed by atoms with Gasteiger partial charge < -0.3 is 10.1 Å². The van der Waals surface area contributed by atoms with Gasteiger partial charge in [-0.3, -0.25) is 0 Å². The van der Waals surface area contributed by atoms with E-state index in [1.54, 1.807) is 0 Å². The summed E-state index contributed by atoms with van der Waals surface area (Å²) in [5.41, 5.74) is 1.06. The highest BCUT2D eigenvalue weighted by Gasteiger charge is 2.25. The summed E-state index contributed by atoms with van der Waals surface area (Å²) in [6.07, 6.45) is 5.12. The number of hydrogen-bond donors (Lipinski definition) is 1. The Kier molecular flexibility index (Phi) is 5.84. The summed E-state index contributed by atoms with van der Waals surface area (Å²) in [7, 11) is 0. The van der Waals surface area contributed by atoms with Gasteiger partial charge >= 0.3 is 0 Å². The van der Waals surface area contributed by atoms with Crippen LogP contribution in [0.3, 0.4) is 0 Å². The van der Waals surface area contributed by atoms with Crippen LogP contribution in [0, 0.1) is 11.8 Å². The highest BCUT2D eigenvalue weighted by Crippen LogP contribution is 2.30. The molecule has 0 amide bonds. The van der Waals surface area contributed by atoms with Crippen LogP contribution < -0.4 is 10.1 Å². The first-order chi connectivity index (χ1) is 9.67. The van der Waals surface area contributed by atoms with Crippen LogP contribution in [0.5, 0.6) is 5.88 Å². The number of ether oxygens (including phenoxy) is 1. The second kappa shape index (κ2) is 7.63. The van der Waals surface area contributed by atoms with Crippen LogP contribution in [0.1, 0.15) is 52.1 Å². The molecule has 20 heavy (non-hydrogen) atoms. The lowest BCUT2D eigenvalue weighted by atomic mass is 9.82. The van der Waals surface area contributed by atoms with Crippen LogP contribution in [-0.4, -0.2) is 17.6 Å². The first-order valence-corrected chi connectivity index (χ1v) is 8.00. The van der Waals surface area contributed by atoms with E-state index in [-0.39, 0.29) is 0 Å². The predicted molar refractivity (Wildman–Crippen MR) is 82.8 cm³/mol. The van der Waals surface area contributed by atoms with E-state index in [4.69, 9.17) is 4.74 Å². The van der Waals surface area contributed by atoms with Crippen molar-refractivity contribution in [2.75, 3.05) is 6.54 Å². The average Bonchev–Trinajstić information content (AvgIpc) is 2.38. The number of hydrogen-bond acceptors (Lipinski definition) is 3. The summed E-state index contributed by atoms with van der Waals surface area (Å²) in [6, 6.07) is 6.08. The Morgan fingerprint density at radius 3 is 2.65 bits per heavy atom. The maximum Gasteiger partial charge on any atom is 0.213 e. The van der Waals surface area contributed by atoms with Gasteiger partial charge in [0.25, 0.3) is 0 Å². The van der Waals surface area contributed by atoms with E-state index in [2.05, 4.69) is 37.1 Å². The van der Waals surface area contributed by atoms with Gasteiger partial charge in [0, 0.05) is 12.6 Å². The van der Waals surface area contributed by atoms with Crippen molar-refractivity contribution in [2.24, 2.45) is 11.8 Å². The third-order valence-corrected chi connectivity index (χ3v) is 3.94. The lowest BCUT2D eigenvalue weighted by Gasteiger charge is -2.31. The van der Waals surface area contributed by atoms with Crippen LogP contribution in [0.25, 0.3) is 0 Å². The van der Waals surface area contributed by atoms with Crippen molar-refractivity contribution in [2.45, 2.75) is 59.1 Å². The molecule has 1 aliphatic carbocycles. The van der Waals surface area contributed by atoms with Crippen LogP contribution in [0.15, 0.2) is 18.2 Å². The molecule has 0 aliphatic heterocycles. The van der Waals surface area contributed by atoms with Crippen molar-refractivity contribution in [3.8, 4) is 5.88 Å². The standard InChI is InChI=1S/C17H28N2O/c1-4-8-18-12-15-6-5-7-17(19-15)20-16-10-13(2)9-14(3)11-16/h5-7,13-14,16,18H,4,8-12H2,1-3H3. The molecule has 2 rings (SSSR count). The maximum atomic E-state index is 6.10. The van der Waals surface area contributed by atoms with Crippen molar-refractivity contribution < 1.29 is 4.74 Å². The zero-order valence-corrected chi connectivity index (χ0v) is 13.1. The van der Waals surface area contributed by atoms with E-state index in [1.807, 2.05) is 12.1 Å². The Labute approximate surface area is 123 Å². The van der Waals surface area contributed by atoms with Crippen LogP contribution >= 0.6 is 0 Å². The first kappa shape index (κ1) is 15.3. The number of aromatic nitrogens is 1. The van der Waals surface area contributed by atoms with Crippen molar-refractivity contribution >= 4 is 0 Å². The third kappa shape index (κ3) is 4.78. The van der Waals surface area contributed by atoms with E-state index in [1.165, 1.54) is 6.42 Å². The van der Waals surface area contributed by atoms with Crippen molar-refractivity contribution in [1.29, 1.82) is 0 Å². The molecule has 0 spiro atoms. The first-order valence-electron chi connectivity index (χ1n) is 8.00. The molecule has 2 unspecified atom stereocenters. The topological polar surface area (TPSA) is 34.1 Å². The Bertz CT molecular complexity index is 398. The SMILES string of the molecule is CCCNCc1cccc(OC2CC(C)CC(C)C2)n1. The highest BCUT2D eigenvalue weighted by molar-refractivity contribution is 5.16. The lowest BCUT2D eigenvalue weighted by molar-refractivity contribution is 0.0965. The maximum absolute atomic E-state index is 6.10. The van der Waals surface area contributed by atoms with E-state index in [0.717, 1.165) is 55.8 Å². The zero-order valence-electron chi connectivity index (χ0n) is 13.1. The smallest absolute Gasteiger partial charge is 0.213 e. The number of nitrogens with one attached hydrogen (secondary N) is 1. The number of rotatable bonds is 6. The molecule has 0 bridgehead atoms. The van der Waals surface area contributed by atoms with Crippen molar-refractivity contribution in [3.63, 3.8) is 0 Å². The fraction of sp³-hybridized carbons (Fsp3) is 0.706. The summed E-state index contributed by atoms with van der Waals surface area (Å²) in [5, 5.41) is 3.38. The fourth-order valence-electron chi connectivity index (χ4n) is 3.16. The van der Waals surface area contributed by atoms with E-state index < -0.39 is 0 Å². The molecule has 1 heterocycles. The molecule has 3 nitrogen and oxygen atoms in total. The van der Waals surface area contributed by atoms with Crippen LogP contribution in [-0.2, 0) is 6.54 Å². The summed E-state index contributed by atoms with van der Waals surface area (Å²) in [6.45, 7) is 8.67. The molecule has 112 valence electrons. The van der Waals surface area contributed by atoms with E-state index in [9.17, 15) is 0 Å². The molecular weight excluding hydrogens is 248 g/mol. The molecule has 1 aromatic rings. The monoisotopic (exact) mass is 276 g/mol. The van der Waals surface area contributed by atoms with E-state index in [0.29, 0.717) is 6.10 Å². The zero-order chi connectivity index (χ0) is 14.4. The Balaban J connectivity index is 1.90. The van der Waals surface area contributed by atoms with Gasteiger partial charge in [0.15, 0.2) is 0 Å². The largest absolute Gasteiger partial charge is 0.474 e. The minimum Gasteiger partial charge on any atom is -0.474 e. The Hall–Kier alpha value is -1.09. The summed E-state index contributed by atoms with van der Waals surface area (Å²) in [4.78, 5) is 4.60. The van der Waals surface area contributed by atoms with Gasteiger partial charge in [0.05, 0.1) is 5.69 Å². The molecule has 1 N–H and O–H groups in total. The highest BCUT2D eigenvalue weighted by atomic mass is 16.5. The minimum atomic E-state index is 0.333. The van der Waals surface area contributed by atoms with E-state index >= 15 is 0 Å². The predicted octanol–water partition coefficient (Wildman–Crippen LogP) is 3.78. The van der Waals surface area contributed by atoms with Crippen LogP contribution in [0.4, 0.5) is 0 Å². The minimum absolute atomic E-state index is 0.333. The molecule has 0 aromatic carbocycles. The number of nitrogens with zero attached hydrogens (tertiary/aromatic N) is 1. The molecule has 0 radical (unpaired) electrons. The van der Waals surface area contributed by atoms with Crippen LogP contribution in [0.2, 0.25) is 0 Å².